The zero-order valence-electron chi connectivity index (χ0n) is 18.1. The van der Waals surface area contributed by atoms with E-state index in [-0.39, 0.29) is 35.0 Å². The van der Waals surface area contributed by atoms with Crippen LogP contribution in [0.3, 0.4) is 0 Å². The maximum atomic E-state index is 14.0. The Bertz CT molecular complexity index is 982. The molecule has 2 aromatic rings. The van der Waals surface area contributed by atoms with E-state index in [1.807, 2.05) is 13.8 Å². The predicted molar refractivity (Wildman–Crippen MR) is 115 cm³/mol. The molecule has 4 atom stereocenters. The van der Waals surface area contributed by atoms with Crippen molar-refractivity contribution >= 4 is 23.3 Å². The highest BCUT2D eigenvalue weighted by molar-refractivity contribution is 6.36. The number of piperidine rings is 1. The van der Waals surface area contributed by atoms with Crippen molar-refractivity contribution in [3.8, 4) is 5.75 Å². The number of carbonyl (C=O) groups excluding carboxylic acids is 1. The molecule has 0 saturated carbocycles. The monoisotopic (exact) mass is 470 g/mol. The van der Waals surface area contributed by atoms with Gasteiger partial charge in [-0.3, -0.25) is 4.79 Å². The summed E-state index contributed by atoms with van der Waals surface area (Å²) in [6.07, 6.45) is -2.15. The smallest absolute Gasteiger partial charge is 0.410 e. The minimum absolute atomic E-state index is 0.0155. The lowest BCUT2D eigenvalue weighted by atomic mass is 9.96. The van der Waals surface area contributed by atoms with Crippen LogP contribution in [-0.4, -0.2) is 46.0 Å². The third kappa shape index (κ3) is 4.02. The number of hydrogen-bond acceptors (Lipinski definition) is 4. The van der Waals surface area contributed by atoms with E-state index in [1.165, 1.54) is 7.11 Å². The summed E-state index contributed by atoms with van der Waals surface area (Å²) in [7, 11) is 1.52. The molecule has 0 radical (unpaired) electrons. The summed E-state index contributed by atoms with van der Waals surface area (Å²) in [5, 5.41) is 7.09. The van der Waals surface area contributed by atoms with E-state index in [0.29, 0.717) is 11.3 Å². The van der Waals surface area contributed by atoms with Crippen molar-refractivity contribution in [1.29, 1.82) is 0 Å². The highest BCUT2D eigenvalue weighted by Gasteiger charge is 2.48. The van der Waals surface area contributed by atoms with Crippen LogP contribution < -0.4 is 10.1 Å². The number of aromatic nitrogens is 2. The molecule has 174 valence electrons. The lowest BCUT2D eigenvalue weighted by molar-refractivity contribution is -0.173. The van der Waals surface area contributed by atoms with E-state index >= 15 is 0 Å². The third-order valence-electron chi connectivity index (χ3n) is 6.44. The van der Waals surface area contributed by atoms with E-state index in [0.717, 1.165) is 23.9 Å². The van der Waals surface area contributed by atoms with E-state index in [2.05, 4.69) is 10.4 Å². The van der Waals surface area contributed by atoms with Crippen LogP contribution in [0, 0.1) is 0 Å². The van der Waals surface area contributed by atoms with Crippen LogP contribution in [0.2, 0.25) is 5.02 Å². The van der Waals surface area contributed by atoms with Crippen LogP contribution in [-0.2, 0) is 0 Å². The molecule has 0 spiro atoms. The molecule has 10 heteroatoms. The Kier molecular flexibility index (Phi) is 6.04. The number of benzene rings is 1. The number of hydrogen-bond donors (Lipinski definition) is 1. The first-order valence-electron chi connectivity index (χ1n) is 10.7. The molecule has 1 fully saturated rings. The average Bonchev–Trinajstić information content (AvgIpc) is 3.08. The number of nitrogens with one attached hydrogen (secondary N) is 1. The maximum Gasteiger partial charge on any atom is 0.410 e. The van der Waals surface area contributed by atoms with Crippen LogP contribution in [0.15, 0.2) is 24.3 Å². The predicted octanol–water partition coefficient (Wildman–Crippen LogP) is 5.61. The van der Waals surface area contributed by atoms with Gasteiger partial charge in [0.15, 0.2) is 11.7 Å². The Labute approximate surface area is 189 Å². The summed E-state index contributed by atoms with van der Waals surface area (Å²) in [6.45, 7) is 3.88. The zero-order valence-corrected chi connectivity index (χ0v) is 18.9. The standard InChI is InChI=1S/C22H26ClF3N4O2/c1-12-5-4-6-13(2)29(12)21(31)19-18(23)20-27-16(14-7-9-15(32-3)10-8-14)11-17(22(24,25)26)30(20)28-19/h7-10,12-13,16-17,27H,4-6,11H2,1-3H3/t12-,13-,16+,17+/m0/s1. The average molecular weight is 471 g/mol. The summed E-state index contributed by atoms with van der Waals surface area (Å²) in [6, 6.07) is 4.22. The fourth-order valence-corrected chi connectivity index (χ4v) is 4.98. The minimum Gasteiger partial charge on any atom is -0.497 e. The van der Waals surface area contributed by atoms with Gasteiger partial charge in [0.1, 0.15) is 16.6 Å². The third-order valence-corrected chi connectivity index (χ3v) is 6.80. The molecule has 1 saturated heterocycles. The molecule has 2 aliphatic heterocycles. The Morgan fingerprint density at radius 1 is 1.19 bits per heavy atom. The number of amides is 1. The number of carbonyl (C=O) groups is 1. The molecule has 4 rings (SSSR count). The first-order chi connectivity index (χ1) is 15.1. The van der Waals surface area contributed by atoms with Gasteiger partial charge < -0.3 is 15.0 Å². The van der Waals surface area contributed by atoms with Gasteiger partial charge >= 0.3 is 6.18 Å². The van der Waals surface area contributed by atoms with Gasteiger partial charge in [0.2, 0.25) is 0 Å². The van der Waals surface area contributed by atoms with Crippen molar-refractivity contribution in [2.45, 2.75) is 69.9 Å². The second-order valence-electron chi connectivity index (χ2n) is 8.56. The maximum absolute atomic E-state index is 14.0. The number of rotatable bonds is 3. The minimum atomic E-state index is -4.55. The second-order valence-corrected chi connectivity index (χ2v) is 8.94. The quantitative estimate of drug-likeness (QED) is 0.633. The fourth-order valence-electron chi connectivity index (χ4n) is 4.72. The number of alkyl halides is 3. The van der Waals surface area contributed by atoms with Gasteiger partial charge in [-0.15, -0.1) is 0 Å². The van der Waals surface area contributed by atoms with Gasteiger partial charge in [0.25, 0.3) is 5.91 Å². The number of nitrogens with zero attached hydrogens (tertiary/aromatic N) is 3. The molecule has 3 heterocycles. The second kappa shape index (κ2) is 8.50. The van der Waals surface area contributed by atoms with Crippen LogP contribution in [0.4, 0.5) is 19.0 Å². The van der Waals surface area contributed by atoms with Gasteiger partial charge in [-0.25, -0.2) is 4.68 Å². The van der Waals surface area contributed by atoms with Crippen molar-refractivity contribution in [3.63, 3.8) is 0 Å². The lowest BCUT2D eigenvalue weighted by Crippen LogP contribution is -2.47. The van der Waals surface area contributed by atoms with Crippen molar-refractivity contribution in [3.05, 3.63) is 40.5 Å². The van der Waals surface area contributed by atoms with Crippen molar-refractivity contribution < 1.29 is 22.7 Å². The van der Waals surface area contributed by atoms with Gasteiger partial charge in [0, 0.05) is 18.5 Å². The Morgan fingerprint density at radius 3 is 2.38 bits per heavy atom. The number of halogens is 4. The van der Waals surface area contributed by atoms with Gasteiger partial charge in [-0.2, -0.15) is 18.3 Å². The van der Waals surface area contributed by atoms with Crippen molar-refractivity contribution in [2.24, 2.45) is 0 Å². The normalized spacial score (nSPS) is 25.8. The molecular weight excluding hydrogens is 445 g/mol. The summed E-state index contributed by atoms with van der Waals surface area (Å²) in [5.74, 6) is 0.194. The zero-order chi connectivity index (χ0) is 23.2. The Morgan fingerprint density at radius 2 is 1.81 bits per heavy atom. The molecule has 0 aliphatic carbocycles. The molecule has 2 aliphatic rings. The summed E-state index contributed by atoms with van der Waals surface area (Å²) in [4.78, 5) is 15.0. The van der Waals surface area contributed by atoms with Gasteiger partial charge in [0.05, 0.1) is 13.2 Å². The molecular formula is C22H26ClF3N4O2. The lowest BCUT2D eigenvalue weighted by Gasteiger charge is -2.38. The molecule has 1 amide bonds. The first kappa shape index (κ1) is 22.8. The van der Waals surface area contributed by atoms with E-state index in [1.54, 1.807) is 29.2 Å². The van der Waals surface area contributed by atoms with E-state index in [4.69, 9.17) is 16.3 Å². The molecule has 1 aromatic carbocycles. The summed E-state index contributed by atoms with van der Waals surface area (Å²) < 4.78 is 48.0. The molecule has 0 bridgehead atoms. The highest BCUT2D eigenvalue weighted by atomic mass is 35.5. The summed E-state index contributed by atoms with van der Waals surface area (Å²) in [5.41, 5.74) is 0.522. The molecule has 1 aromatic heterocycles. The van der Waals surface area contributed by atoms with E-state index < -0.39 is 24.2 Å². The largest absolute Gasteiger partial charge is 0.497 e. The Hall–Kier alpha value is -2.42. The molecule has 0 unspecified atom stereocenters. The van der Waals surface area contributed by atoms with E-state index in [9.17, 15) is 18.0 Å². The molecule has 32 heavy (non-hydrogen) atoms. The van der Waals surface area contributed by atoms with Crippen molar-refractivity contribution in [1.82, 2.24) is 14.7 Å². The first-order valence-corrected chi connectivity index (χ1v) is 11.1. The van der Waals surface area contributed by atoms with Crippen LogP contribution >= 0.6 is 11.6 Å². The topological polar surface area (TPSA) is 59.4 Å². The van der Waals surface area contributed by atoms with Crippen LogP contribution in [0.5, 0.6) is 5.75 Å². The number of likely N-dealkylation sites (tertiary alicyclic amines) is 1. The van der Waals surface area contributed by atoms with Gasteiger partial charge in [-0.1, -0.05) is 23.7 Å². The molecule has 1 N–H and O–H groups in total. The highest BCUT2D eigenvalue weighted by Crippen LogP contribution is 2.46. The Balaban J connectivity index is 1.72. The van der Waals surface area contributed by atoms with Crippen LogP contribution in [0.1, 0.15) is 67.7 Å². The number of anilines is 1. The summed E-state index contributed by atoms with van der Waals surface area (Å²) >= 11 is 6.49. The number of fused-ring (bicyclic) bond motifs is 1. The number of methoxy groups -OCH3 is 1. The van der Waals surface area contributed by atoms with Gasteiger partial charge in [-0.05, 0) is 50.8 Å². The number of ether oxygens (including phenoxy) is 1. The van der Waals surface area contributed by atoms with Crippen LogP contribution in [0.25, 0.3) is 0 Å². The molecule has 6 nitrogen and oxygen atoms in total. The SMILES string of the molecule is COc1ccc([C@H]2C[C@H](C(F)(F)F)n3nc(C(=O)N4[C@@H](C)CCC[C@@H]4C)c(Cl)c3N2)cc1. The van der Waals surface area contributed by atoms with Crippen molar-refractivity contribution in [2.75, 3.05) is 12.4 Å². The fraction of sp³-hybridized carbons (Fsp3) is 0.545.